The Kier molecular flexibility index (Phi) is 6.11. The molecule has 0 atom stereocenters. The van der Waals surface area contributed by atoms with Crippen LogP contribution in [-0.4, -0.2) is 23.0 Å². The van der Waals surface area contributed by atoms with Gasteiger partial charge in [0.25, 0.3) is 0 Å². The maximum atomic E-state index is 14.0. The number of pyridine rings is 2. The number of aromatic nitrogens is 3. The number of aryl methyl sites for hydroxylation is 1. The zero-order chi connectivity index (χ0) is 27.3. The number of rotatable bonds is 5. The van der Waals surface area contributed by atoms with E-state index in [0.29, 0.717) is 28.3 Å². The van der Waals surface area contributed by atoms with Crippen molar-refractivity contribution in [1.82, 2.24) is 14.5 Å². The standard InChI is InChI=1S/C29H25FN4O4S/c1-2-18-12-24-26(13-23(18)19-11-21(16-32-15-19)38-39(30,36)37)34(20-6-4-3-5-7-20)29-27(28(24)35)22-9-8-17(14-31)10-25(22)33-29/h8-13,15-16,20,33H,2-7H2,1H3. The van der Waals surface area contributed by atoms with E-state index in [-0.39, 0.29) is 17.2 Å². The Labute approximate surface area is 224 Å². The van der Waals surface area contributed by atoms with Crippen molar-refractivity contribution in [3.8, 4) is 22.9 Å². The lowest BCUT2D eigenvalue weighted by Crippen LogP contribution is -2.18. The average molecular weight is 545 g/mol. The summed E-state index contributed by atoms with van der Waals surface area (Å²) in [5.41, 5.74) is 4.79. The molecular weight excluding hydrogens is 519 g/mol. The van der Waals surface area contributed by atoms with E-state index in [2.05, 4.69) is 24.8 Å². The number of aromatic amines is 1. The minimum Gasteiger partial charge on any atom is -0.357 e. The highest BCUT2D eigenvalue weighted by molar-refractivity contribution is 7.81. The molecule has 0 aliphatic heterocycles. The first-order chi connectivity index (χ1) is 18.8. The maximum Gasteiger partial charge on any atom is 0.488 e. The van der Waals surface area contributed by atoms with Gasteiger partial charge in [-0.15, -0.1) is 0 Å². The van der Waals surface area contributed by atoms with Crippen molar-refractivity contribution in [2.75, 3.05) is 0 Å². The predicted octanol–water partition coefficient (Wildman–Crippen LogP) is 6.23. The molecule has 0 saturated heterocycles. The molecule has 3 aromatic heterocycles. The lowest BCUT2D eigenvalue weighted by Gasteiger charge is -2.27. The van der Waals surface area contributed by atoms with E-state index in [1.54, 1.807) is 18.3 Å². The van der Waals surface area contributed by atoms with Crippen LogP contribution in [0.15, 0.2) is 53.6 Å². The normalized spacial score (nSPS) is 14.7. The van der Waals surface area contributed by atoms with Gasteiger partial charge in [-0.25, -0.2) is 0 Å². The van der Waals surface area contributed by atoms with Crippen LogP contribution in [-0.2, 0) is 16.9 Å². The molecule has 1 fully saturated rings. The van der Waals surface area contributed by atoms with Gasteiger partial charge in [0.05, 0.1) is 28.7 Å². The van der Waals surface area contributed by atoms with E-state index in [0.717, 1.165) is 71.5 Å². The molecule has 1 aliphatic carbocycles. The molecule has 0 bridgehead atoms. The minimum atomic E-state index is -5.21. The molecule has 2 aromatic carbocycles. The number of hydrogen-bond acceptors (Lipinski definition) is 6. The quantitative estimate of drug-likeness (QED) is 0.262. The molecule has 0 amide bonds. The topological polar surface area (TPSA) is 118 Å². The van der Waals surface area contributed by atoms with E-state index in [9.17, 15) is 22.4 Å². The summed E-state index contributed by atoms with van der Waals surface area (Å²) in [5, 5.41) is 11.4. The van der Waals surface area contributed by atoms with Gasteiger partial charge in [0, 0.05) is 34.1 Å². The molecule has 6 rings (SSSR count). The van der Waals surface area contributed by atoms with Crippen molar-refractivity contribution < 1.29 is 16.5 Å². The van der Waals surface area contributed by atoms with Gasteiger partial charge in [-0.1, -0.05) is 36.1 Å². The molecule has 8 nitrogen and oxygen atoms in total. The third-order valence-corrected chi connectivity index (χ3v) is 8.03. The summed E-state index contributed by atoms with van der Waals surface area (Å²) in [5.74, 6) is -0.235. The first kappa shape index (κ1) is 25.1. The van der Waals surface area contributed by atoms with E-state index >= 15 is 0 Å². The molecule has 10 heteroatoms. The molecule has 5 aromatic rings. The number of H-pyrrole nitrogens is 1. The van der Waals surface area contributed by atoms with Gasteiger partial charge in [-0.3, -0.25) is 9.78 Å². The van der Waals surface area contributed by atoms with Crippen LogP contribution in [0.2, 0.25) is 0 Å². The van der Waals surface area contributed by atoms with Crippen LogP contribution < -0.4 is 9.61 Å². The van der Waals surface area contributed by atoms with Gasteiger partial charge < -0.3 is 13.7 Å². The van der Waals surface area contributed by atoms with Gasteiger partial charge in [0.15, 0.2) is 11.2 Å². The van der Waals surface area contributed by atoms with Gasteiger partial charge in [-0.2, -0.15) is 13.7 Å². The average Bonchev–Trinajstić information content (AvgIpc) is 3.31. The van der Waals surface area contributed by atoms with Crippen LogP contribution in [0.5, 0.6) is 5.75 Å². The Hall–Kier alpha value is -4.23. The van der Waals surface area contributed by atoms with Crippen molar-refractivity contribution >= 4 is 43.3 Å². The summed E-state index contributed by atoms with van der Waals surface area (Å²) in [6, 6.07) is 12.9. The summed E-state index contributed by atoms with van der Waals surface area (Å²) in [4.78, 5) is 21.6. The molecule has 1 N–H and O–H groups in total. The van der Waals surface area contributed by atoms with E-state index in [1.807, 2.05) is 25.1 Å². The summed E-state index contributed by atoms with van der Waals surface area (Å²) < 4.78 is 42.0. The largest absolute Gasteiger partial charge is 0.488 e. The van der Waals surface area contributed by atoms with Crippen LogP contribution in [0.3, 0.4) is 0 Å². The number of hydrogen-bond donors (Lipinski definition) is 1. The Bertz CT molecular complexity index is 1980. The van der Waals surface area contributed by atoms with Crippen LogP contribution >= 0.6 is 0 Å². The summed E-state index contributed by atoms with van der Waals surface area (Å²) in [6.45, 7) is 1.97. The maximum absolute atomic E-state index is 14.0. The molecular formula is C29H25FN4O4S. The molecule has 0 unspecified atom stereocenters. The second-order valence-corrected chi connectivity index (χ2v) is 10.9. The van der Waals surface area contributed by atoms with Crippen LogP contribution in [0.1, 0.15) is 56.2 Å². The molecule has 1 saturated carbocycles. The van der Waals surface area contributed by atoms with Gasteiger partial charge >= 0.3 is 10.5 Å². The summed E-state index contributed by atoms with van der Waals surface area (Å²) in [6.07, 6.45) is 8.56. The van der Waals surface area contributed by atoms with Crippen molar-refractivity contribution in [1.29, 1.82) is 5.26 Å². The second kappa shape index (κ2) is 9.50. The van der Waals surface area contributed by atoms with Crippen molar-refractivity contribution in [2.45, 2.75) is 51.5 Å². The molecule has 39 heavy (non-hydrogen) atoms. The Balaban J connectivity index is 1.69. The fourth-order valence-corrected chi connectivity index (χ4v) is 6.26. The second-order valence-electron chi connectivity index (χ2n) is 9.98. The zero-order valence-electron chi connectivity index (χ0n) is 21.2. The molecule has 3 heterocycles. The third-order valence-electron chi connectivity index (χ3n) is 7.64. The molecule has 1 aliphatic rings. The van der Waals surface area contributed by atoms with E-state index in [4.69, 9.17) is 0 Å². The molecule has 0 spiro atoms. The zero-order valence-corrected chi connectivity index (χ0v) is 22.0. The number of fused-ring (bicyclic) bond motifs is 4. The molecule has 0 radical (unpaired) electrons. The number of nitrogens with one attached hydrogen (secondary N) is 1. The lowest BCUT2D eigenvalue weighted by molar-refractivity contribution is 0.365. The smallest absolute Gasteiger partial charge is 0.357 e. The molecule has 198 valence electrons. The third kappa shape index (κ3) is 4.42. The van der Waals surface area contributed by atoms with Crippen molar-refractivity contribution in [3.05, 3.63) is 70.1 Å². The summed E-state index contributed by atoms with van der Waals surface area (Å²) in [7, 11) is -5.21. The Morgan fingerprint density at radius 3 is 2.64 bits per heavy atom. The fraction of sp³-hybridized carbons (Fsp3) is 0.276. The fourth-order valence-electron chi connectivity index (χ4n) is 5.94. The van der Waals surface area contributed by atoms with Crippen molar-refractivity contribution in [3.63, 3.8) is 0 Å². The van der Waals surface area contributed by atoms with Gasteiger partial charge in [0.1, 0.15) is 5.65 Å². The van der Waals surface area contributed by atoms with Crippen LogP contribution in [0.4, 0.5) is 3.89 Å². The highest BCUT2D eigenvalue weighted by Gasteiger charge is 2.24. The predicted molar refractivity (Wildman–Crippen MR) is 148 cm³/mol. The van der Waals surface area contributed by atoms with Gasteiger partial charge in [-0.05, 0) is 60.7 Å². The number of halogens is 1. The lowest BCUT2D eigenvalue weighted by atomic mass is 9.92. The minimum absolute atomic E-state index is 0.0944. The number of nitrogens with zero attached hydrogens (tertiary/aromatic N) is 3. The van der Waals surface area contributed by atoms with Gasteiger partial charge in [0.2, 0.25) is 0 Å². The van der Waals surface area contributed by atoms with E-state index in [1.165, 1.54) is 6.07 Å². The monoisotopic (exact) mass is 544 g/mol. The highest BCUT2D eigenvalue weighted by Crippen LogP contribution is 2.38. The first-order valence-corrected chi connectivity index (χ1v) is 14.2. The summed E-state index contributed by atoms with van der Waals surface area (Å²) >= 11 is 0. The van der Waals surface area contributed by atoms with Crippen LogP contribution in [0.25, 0.3) is 44.0 Å². The first-order valence-electron chi connectivity index (χ1n) is 12.9. The van der Waals surface area contributed by atoms with Crippen molar-refractivity contribution in [2.24, 2.45) is 0 Å². The SMILES string of the molecule is CCc1cc2c(=O)c3c4ccc(C#N)cc4[nH]c3n(C3CCCCC3)c2cc1-c1cncc(OS(=O)(=O)F)c1. The Morgan fingerprint density at radius 1 is 1.13 bits per heavy atom. The highest BCUT2D eigenvalue weighted by atomic mass is 32.3. The number of benzene rings is 2. The Morgan fingerprint density at radius 2 is 1.92 bits per heavy atom. The van der Waals surface area contributed by atoms with E-state index < -0.39 is 10.5 Å². The number of nitriles is 1. The van der Waals surface area contributed by atoms with Crippen LogP contribution in [0, 0.1) is 11.3 Å².